The quantitative estimate of drug-likeness (QED) is 0.525. The van der Waals surface area contributed by atoms with E-state index in [0.717, 1.165) is 27.1 Å². The molecule has 2 N–H and O–H groups in total. The van der Waals surface area contributed by atoms with E-state index in [-0.39, 0.29) is 18.1 Å². The Kier molecular flexibility index (Phi) is 4.69. The van der Waals surface area contributed by atoms with Gasteiger partial charge in [-0.05, 0) is 47.0 Å². The van der Waals surface area contributed by atoms with Gasteiger partial charge in [0, 0.05) is 0 Å². The number of nitrogens with zero attached hydrogens (tertiary/aromatic N) is 1. The van der Waals surface area contributed by atoms with Crippen molar-refractivity contribution >= 4 is 27.5 Å². The van der Waals surface area contributed by atoms with Gasteiger partial charge in [0.25, 0.3) is 0 Å². The van der Waals surface area contributed by atoms with Crippen molar-refractivity contribution in [3.8, 4) is 6.07 Å². The van der Waals surface area contributed by atoms with Crippen LogP contribution in [0.15, 0.2) is 77.4 Å². The summed E-state index contributed by atoms with van der Waals surface area (Å²) in [5.41, 5.74) is 7.44. The molecular weight excluding hydrogens is 364 g/mol. The highest BCUT2D eigenvalue weighted by Gasteiger charge is 2.38. The number of nitriles is 1. The fourth-order valence-corrected chi connectivity index (χ4v) is 4.00. The molecule has 1 atom stereocenters. The summed E-state index contributed by atoms with van der Waals surface area (Å²) in [5.74, 6) is -0.821. The summed E-state index contributed by atoms with van der Waals surface area (Å²) in [7, 11) is 0. The number of ether oxygens (including phenoxy) is 2. The Bertz CT molecular complexity index is 1190. The maximum absolute atomic E-state index is 12.9. The van der Waals surface area contributed by atoms with Crippen molar-refractivity contribution < 1.29 is 14.3 Å². The number of carbonyl (C=O) groups is 1. The summed E-state index contributed by atoms with van der Waals surface area (Å²) in [6.07, 6.45) is 0. The molecule has 0 radical (unpaired) electrons. The molecule has 4 rings (SSSR count). The highest BCUT2D eigenvalue weighted by atomic mass is 16.5. The van der Waals surface area contributed by atoms with Crippen LogP contribution in [0.5, 0.6) is 0 Å². The van der Waals surface area contributed by atoms with Gasteiger partial charge in [0.1, 0.15) is 17.4 Å². The highest BCUT2D eigenvalue weighted by molar-refractivity contribution is 6.05. The first kappa shape index (κ1) is 18.6. The van der Waals surface area contributed by atoms with Crippen LogP contribution in [-0.2, 0) is 14.3 Å². The molecule has 0 amide bonds. The van der Waals surface area contributed by atoms with Gasteiger partial charge in [-0.2, -0.15) is 5.26 Å². The molecule has 1 unspecified atom stereocenters. The average Bonchev–Trinajstić information content (AvgIpc) is 2.71. The monoisotopic (exact) mass is 384 g/mol. The molecule has 1 heterocycles. The smallest absolute Gasteiger partial charge is 0.338 e. The molecule has 0 aromatic heterocycles. The number of rotatable bonds is 3. The first-order valence-electron chi connectivity index (χ1n) is 9.42. The van der Waals surface area contributed by atoms with Crippen molar-refractivity contribution in [2.75, 3.05) is 6.61 Å². The van der Waals surface area contributed by atoms with E-state index in [0.29, 0.717) is 11.3 Å². The lowest BCUT2D eigenvalue weighted by atomic mass is 9.78. The number of benzene rings is 3. The summed E-state index contributed by atoms with van der Waals surface area (Å²) in [4.78, 5) is 12.9. The topological polar surface area (TPSA) is 85.3 Å². The maximum atomic E-state index is 12.9. The van der Waals surface area contributed by atoms with E-state index in [9.17, 15) is 10.1 Å². The maximum Gasteiger partial charge on any atom is 0.338 e. The van der Waals surface area contributed by atoms with E-state index >= 15 is 0 Å². The number of fused-ring (bicyclic) bond motifs is 2. The number of allylic oxidation sites excluding steroid dienone is 2. The van der Waals surface area contributed by atoms with Crippen molar-refractivity contribution in [2.24, 2.45) is 5.73 Å². The highest BCUT2D eigenvalue weighted by Crippen LogP contribution is 2.45. The second kappa shape index (κ2) is 7.33. The van der Waals surface area contributed by atoms with Crippen LogP contribution in [0.1, 0.15) is 25.3 Å². The molecule has 0 saturated heterocycles. The van der Waals surface area contributed by atoms with Gasteiger partial charge in [0.05, 0.1) is 18.1 Å². The minimum atomic E-state index is -0.677. The molecule has 3 aromatic rings. The molecule has 1 aliphatic heterocycles. The second-order valence-corrected chi connectivity index (χ2v) is 6.85. The molecule has 1 aliphatic rings. The Morgan fingerprint density at radius 2 is 1.72 bits per heavy atom. The SMILES string of the molecule is CCOC(=O)C1=C(C)OC(N)=C(C#N)C1c1c2ccccc2cc2ccccc12. The molecular formula is C24H20N2O3. The van der Waals surface area contributed by atoms with Crippen molar-refractivity contribution in [1.29, 1.82) is 5.26 Å². The Hall–Kier alpha value is -3.78. The van der Waals surface area contributed by atoms with Crippen LogP contribution in [0.3, 0.4) is 0 Å². The lowest BCUT2D eigenvalue weighted by Gasteiger charge is -2.28. The molecule has 29 heavy (non-hydrogen) atoms. The van der Waals surface area contributed by atoms with Gasteiger partial charge < -0.3 is 15.2 Å². The zero-order valence-electron chi connectivity index (χ0n) is 16.2. The lowest BCUT2D eigenvalue weighted by molar-refractivity contribution is -0.139. The van der Waals surface area contributed by atoms with Gasteiger partial charge in [0.15, 0.2) is 0 Å². The van der Waals surface area contributed by atoms with Gasteiger partial charge in [0.2, 0.25) is 5.88 Å². The first-order valence-corrected chi connectivity index (χ1v) is 9.42. The average molecular weight is 384 g/mol. The van der Waals surface area contributed by atoms with Crippen LogP contribution in [0, 0.1) is 11.3 Å². The van der Waals surface area contributed by atoms with Gasteiger partial charge in [-0.15, -0.1) is 0 Å². The van der Waals surface area contributed by atoms with Gasteiger partial charge in [-0.3, -0.25) is 0 Å². The molecule has 0 saturated carbocycles. The summed E-state index contributed by atoms with van der Waals surface area (Å²) in [6.45, 7) is 3.64. The molecule has 5 heteroatoms. The number of carbonyl (C=O) groups excluding carboxylic acids is 1. The molecule has 5 nitrogen and oxygen atoms in total. The zero-order valence-corrected chi connectivity index (χ0v) is 16.2. The summed E-state index contributed by atoms with van der Waals surface area (Å²) >= 11 is 0. The molecule has 144 valence electrons. The van der Waals surface area contributed by atoms with Crippen LogP contribution >= 0.6 is 0 Å². The minimum absolute atomic E-state index is 0.0139. The summed E-state index contributed by atoms with van der Waals surface area (Å²) < 4.78 is 10.9. The third-order valence-electron chi connectivity index (χ3n) is 5.20. The Balaban J connectivity index is 2.13. The third kappa shape index (κ3) is 2.99. The van der Waals surface area contributed by atoms with E-state index in [4.69, 9.17) is 15.2 Å². The normalized spacial score (nSPS) is 16.7. The van der Waals surface area contributed by atoms with Crippen LogP contribution in [-0.4, -0.2) is 12.6 Å². The van der Waals surface area contributed by atoms with Crippen molar-refractivity contribution in [3.63, 3.8) is 0 Å². The number of esters is 1. The molecule has 0 aliphatic carbocycles. The van der Waals surface area contributed by atoms with Crippen molar-refractivity contribution in [2.45, 2.75) is 19.8 Å². The van der Waals surface area contributed by atoms with Crippen molar-refractivity contribution in [3.05, 3.63) is 82.9 Å². The predicted molar refractivity (Wildman–Crippen MR) is 111 cm³/mol. The molecule has 0 fully saturated rings. The number of nitrogens with two attached hydrogens (primary N) is 1. The second-order valence-electron chi connectivity index (χ2n) is 6.85. The fourth-order valence-electron chi connectivity index (χ4n) is 4.00. The van der Waals surface area contributed by atoms with Gasteiger partial charge in [-0.1, -0.05) is 48.5 Å². The van der Waals surface area contributed by atoms with E-state index in [1.807, 2.05) is 48.5 Å². The lowest BCUT2D eigenvalue weighted by Crippen LogP contribution is -2.25. The van der Waals surface area contributed by atoms with Crippen molar-refractivity contribution in [1.82, 2.24) is 0 Å². The van der Waals surface area contributed by atoms with Crippen LogP contribution < -0.4 is 5.73 Å². The van der Waals surface area contributed by atoms with Gasteiger partial charge >= 0.3 is 5.97 Å². The van der Waals surface area contributed by atoms with E-state index in [1.54, 1.807) is 13.8 Å². The van der Waals surface area contributed by atoms with Gasteiger partial charge in [-0.25, -0.2) is 4.79 Å². The fraction of sp³-hybridized carbons (Fsp3) is 0.167. The van der Waals surface area contributed by atoms with E-state index in [2.05, 4.69) is 12.1 Å². The Morgan fingerprint density at radius 3 is 2.28 bits per heavy atom. The van der Waals surface area contributed by atoms with Crippen LogP contribution in [0.25, 0.3) is 21.5 Å². The largest absolute Gasteiger partial charge is 0.463 e. The molecule has 0 bridgehead atoms. The van der Waals surface area contributed by atoms with E-state index < -0.39 is 11.9 Å². The van der Waals surface area contributed by atoms with Crippen LogP contribution in [0.4, 0.5) is 0 Å². The standard InChI is InChI=1S/C24H20N2O3/c1-3-28-24(27)20-14(2)29-23(26)19(13-25)22(20)21-17-10-6-4-8-15(17)12-16-9-5-7-11-18(16)21/h4-12,22H,3,26H2,1-2H3. The Morgan fingerprint density at radius 1 is 1.14 bits per heavy atom. The summed E-state index contributed by atoms with van der Waals surface area (Å²) in [5, 5.41) is 13.9. The first-order chi connectivity index (χ1) is 14.1. The number of hydrogen-bond donors (Lipinski definition) is 1. The molecule has 3 aromatic carbocycles. The summed E-state index contributed by atoms with van der Waals surface area (Å²) in [6, 6.07) is 20.1. The Labute approximate surface area is 168 Å². The predicted octanol–water partition coefficient (Wildman–Crippen LogP) is 4.64. The van der Waals surface area contributed by atoms with Crippen LogP contribution in [0.2, 0.25) is 0 Å². The van der Waals surface area contributed by atoms with E-state index in [1.165, 1.54) is 0 Å². The zero-order chi connectivity index (χ0) is 20.5. The number of hydrogen-bond acceptors (Lipinski definition) is 5. The third-order valence-corrected chi connectivity index (χ3v) is 5.20. The molecule has 0 spiro atoms. The minimum Gasteiger partial charge on any atom is -0.463 e.